The van der Waals surface area contributed by atoms with Crippen molar-refractivity contribution in [2.75, 3.05) is 10.0 Å². The predicted molar refractivity (Wildman–Crippen MR) is 104 cm³/mol. The number of carbonyl (C=O) groups excluding carboxylic acids is 1. The van der Waals surface area contributed by atoms with Crippen molar-refractivity contribution in [1.82, 2.24) is 5.16 Å². The predicted octanol–water partition coefficient (Wildman–Crippen LogP) is 1.68. The summed E-state index contributed by atoms with van der Waals surface area (Å²) in [5, 5.41) is 15.8. The van der Waals surface area contributed by atoms with E-state index in [1.165, 1.54) is 24.3 Å². The highest BCUT2D eigenvalue weighted by Crippen LogP contribution is 2.39. The number of anilines is 2. The average Bonchev–Trinajstić information content (AvgIpc) is 3.39. The molecule has 11 heteroatoms. The van der Waals surface area contributed by atoms with E-state index in [9.17, 15) is 23.1 Å². The van der Waals surface area contributed by atoms with Crippen LogP contribution in [-0.2, 0) is 24.3 Å². The normalized spacial score (nSPS) is 24.7. The number of carbonyl (C=O) groups is 2. The second kappa shape index (κ2) is 7.26. The lowest BCUT2D eigenvalue weighted by atomic mass is 9.82. The van der Waals surface area contributed by atoms with E-state index < -0.39 is 45.9 Å². The Balaban J connectivity index is 1.47. The molecule has 0 saturated carbocycles. The van der Waals surface area contributed by atoms with Gasteiger partial charge in [-0.3, -0.25) is 9.59 Å². The van der Waals surface area contributed by atoms with E-state index in [0.717, 1.165) is 0 Å². The molecule has 4 atom stereocenters. The van der Waals surface area contributed by atoms with Crippen LogP contribution in [-0.4, -0.2) is 42.8 Å². The minimum Gasteiger partial charge on any atom is -0.481 e. The summed E-state index contributed by atoms with van der Waals surface area (Å²) in [4.78, 5) is 24.1. The van der Waals surface area contributed by atoms with Gasteiger partial charge >= 0.3 is 5.97 Å². The van der Waals surface area contributed by atoms with Crippen LogP contribution in [0.15, 0.2) is 45.8 Å². The maximum Gasteiger partial charge on any atom is 0.310 e. The molecule has 0 spiro atoms. The molecule has 1 fully saturated rings. The van der Waals surface area contributed by atoms with Gasteiger partial charge in [0.15, 0.2) is 0 Å². The zero-order valence-electron chi connectivity index (χ0n) is 16.0. The molecule has 1 aromatic carbocycles. The van der Waals surface area contributed by atoms with Gasteiger partial charge in [0, 0.05) is 11.3 Å². The molecule has 3 heterocycles. The molecule has 1 amide bonds. The Morgan fingerprint density at radius 1 is 1.07 bits per heavy atom. The van der Waals surface area contributed by atoms with Crippen molar-refractivity contribution in [1.29, 1.82) is 0 Å². The number of hydrogen-bond acceptors (Lipinski definition) is 7. The molecule has 2 bridgehead atoms. The van der Waals surface area contributed by atoms with Gasteiger partial charge in [-0.1, -0.05) is 17.3 Å². The van der Waals surface area contributed by atoms with Crippen molar-refractivity contribution < 1.29 is 32.4 Å². The topological polar surface area (TPSA) is 148 Å². The average molecular weight is 433 g/mol. The highest BCUT2D eigenvalue weighted by atomic mass is 32.2. The van der Waals surface area contributed by atoms with Crippen LogP contribution in [0.3, 0.4) is 0 Å². The van der Waals surface area contributed by atoms with E-state index in [1.54, 1.807) is 26.0 Å². The van der Waals surface area contributed by atoms with Crippen molar-refractivity contribution >= 4 is 33.5 Å². The highest BCUT2D eigenvalue weighted by Gasteiger charge is 2.53. The number of sulfonamides is 1. The summed E-state index contributed by atoms with van der Waals surface area (Å²) in [5.41, 5.74) is 1.49. The standard InChI is InChI=1S/C19H19N3O7S/c1-9-10(2)21-29-18(9)22-30(26,27)12-5-3-11(4-6-12)20-17(23)15-13-7-8-14(28-13)16(15)19(24)25/h3-8,13-16,22H,1-2H3,(H,20,23)(H,24,25)/t13-,14+,15-,16-/m0/s1. The number of aliphatic carboxylic acids is 1. The first kappa shape index (κ1) is 20.1. The van der Waals surface area contributed by atoms with E-state index in [2.05, 4.69) is 15.2 Å². The Labute approximate surface area is 171 Å². The summed E-state index contributed by atoms with van der Waals surface area (Å²) in [6, 6.07) is 5.49. The molecular weight excluding hydrogens is 414 g/mol. The summed E-state index contributed by atoms with van der Waals surface area (Å²) in [6.07, 6.45) is 2.12. The monoisotopic (exact) mass is 433 g/mol. The summed E-state index contributed by atoms with van der Waals surface area (Å²) >= 11 is 0. The fourth-order valence-corrected chi connectivity index (χ4v) is 4.60. The van der Waals surface area contributed by atoms with Crippen molar-refractivity contribution in [3.8, 4) is 0 Å². The number of aryl methyl sites for hydroxylation is 1. The Morgan fingerprint density at radius 2 is 1.70 bits per heavy atom. The van der Waals surface area contributed by atoms with Crippen LogP contribution in [0, 0.1) is 25.7 Å². The second-order valence-corrected chi connectivity index (χ2v) is 8.86. The Hall–Kier alpha value is -3.18. The minimum absolute atomic E-state index is 0.0360. The third-order valence-electron chi connectivity index (χ3n) is 5.30. The van der Waals surface area contributed by atoms with E-state index in [4.69, 9.17) is 9.26 Å². The van der Waals surface area contributed by atoms with Crippen LogP contribution in [0.2, 0.25) is 0 Å². The molecule has 0 radical (unpaired) electrons. The molecule has 1 saturated heterocycles. The van der Waals surface area contributed by atoms with Crippen molar-refractivity contribution in [2.45, 2.75) is 31.0 Å². The quantitative estimate of drug-likeness (QED) is 0.583. The van der Waals surface area contributed by atoms with Crippen LogP contribution in [0.4, 0.5) is 11.6 Å². The van der Waals surface area contributed by atoms with Gasteiger partial charge in [-0.05, 0) is 38.1 Å². The Morgan fingerprint density at radius 3 is 2.27 bits per heavy atom. The molecule has 2 aliphatic heterocycles. The second-order valence-electron chi connectivity index (χ2n) is 7.18. The van der Waals surface area contributed by atoms with Crippen LogP contribution in [0.1, 0.15) is 11.3 Å². The number of nitrogens with one attached hydrogen (secondary N) is 2. The molecule has 10 nitrogen and oxygen atoms in total. The summed E-state index contributed by atoms with van der Waals surface area (Å²) in [7, 11) is -3.91. The number of rotatable bonds is 6. The van der Waals surface area contributed by atoms with Crippen molar-refractivity contribution in [3.63, 3.8) is 0 Å². The highest BCUT2D eigenvalue weighted by molar-refractivity contribution is 7.92. The van der Waals surface area contributed by atoms with Crippen LogP contribution in [0.5, 0.6) is 0 Å². The lowest BCUT2D eigenvalue weighted by Crippen LogP contribution is -2.39. The zero-order valence-corrected chi connectivity index (χ0v) is 16.8. The van der Waals surface area contributed by atoms with E-state index in [0.29, 0.717) is 16.9 Å². The molecule has 30 heavy (non-hydrogen) atoms. The summed E-state index contributed by atoms with van der Waals surface area (Å²) < 4.78 is 37.9. The fourth-order valence-electron chi connectivity index (χ4n) is 3.55. The fraction of sp³-hybridized carbons (Fsp3) is 0.316. The number of hydrogen-bond donors (Lipinski definition) is 3. The van der Waals surface area contributed by atoms with Gasteiger partial charge in [-0.25, -0.2) is 13.1 Å². The molecule has 2 aliphatic rings. The SMILES string of the molecule is Cc1noc(NS(=O)(=O)c2ccc(NC(=O)[C@@H]3[C@@H](C(=O)O)[C@H]4C=C[C@@H]3O4)cc2)c1C. The minimum atomic E-state index is -3.91. The maximum absolute atomic E-state index is 12.6. The third-order valence-corrected chi connectivity index (χ3v) is 6.65. The summed E-state index contributed by atoms with van der Waals surface area (Å²) in [5.74, 6) is -3.38. The number of carboxylic acids is 1. The van der Waals surface area contributed by atoms with Crippen LogP contribution < -0.4 is 10.0 Å². The molecule has 0 aliphatic carbocycles. The number of fused-ring (bicyclic) bond motifs is 2. The first-order chi connectivity index (χ1) is 14.2. The smallest absolute Gasteiger partial charge is 0.310 e. The number of amides is 1. The molecular formula is C19H19N3O7S. The Bertz CT molecular complexity index is 1140. The number of benzene rings is 1. The molecule has 0 unspecified atom stereocenters. The molecule has 1 aromatic heterocycles. The maximum atomic E-state index is 12.6. The number of ether oxygens (including phenoxy) is 1. The van der Waals surface area contributed by atoms with Gasteiger partial charge in [-0.15, -0.1) is 0 Å². The first-order valence-electron chi connectivity index (χ1n) is 9.10. The van der Waals surface area contributed by atoms with Gasteiger partial charge in [0.05, 0.1) is 28.7 Å². The number of aromatic nitrogens is 1. The van der Waals surface area contributed by atoms with Gasteiger partial charge < -0.3 is 19.7 Å². The van der Waals surface area contributed by atoms with Gasteiger partial charge in [0.25, 0.3) is 10.0 Å². The molecule has 4 rings (SSSR count). The largest absolute Gasteiger partial charge is 0.481 e. The van der Waals surface area contributed by atoms with Crippen molar-refractivity contribution in [2.24, 2.45) is 11.8 Å². The van der Waals surface area contributed by atoms with Gasteiger partial charge in [0.2, 0.25) is 11.8 Å². The van der Waals surface area contributed by atoms with Crippen molar-refractivity contribution in [3.05, 3.63) is 47.7 Å². The van der Waals surface area contributed by atoms with E-state index in [1.807, 2.05) is 0 Å². The molecule has 3 N–H and O–H groups in total. The zero-order chi connectivity index (χ0) is 21.6. The molecule has 2 aromatic rings. The Kier molecular flexibility index (Phi) is 4.86. The number of carboxylic acid groups (broad SMARTS) is 1. The van der Waals surface area contributed by atoms with Crippen LogP contribution in [0.25, 0.3) is 0 Å². The molecule has 158 valence electrons. The lowest BCUT2D eigenvalue weighted by Gasteiger charge is -2.21. The third kappa shape index (κ3) is 3.46. The summed E-state index contributed by atoms with van der Waals surface area (Å²) in [6.45, 7) is 3.38. The van der Waals surface area contributed by atoms with Gasteiger partial charge in [0.1, 0.15) is 5.92 Å². The first-order valence-corrected chi connectivity index (χ1v) is 10.6. The van der Waals surface area contributed by atoms with E-state index >= 15 is 0 Å². The van der Waals surface area contributed by atoms with E-state index in [-0.39, 0.29) is 10.8 Å². The lowest BCUT2D eigenvalue weighted by molar-refractivity contribution is -0.145. The van der Waals surface area contributed by atoms with Gasteiger partial charge in [-0.2, -0.15) is 0 Å². The number of nitrogens with zero attached hydrogens (tertiary/aromatic N) is 1. The van der Waals surface area contributed by atoms with Crippen LogP contribution >= 0.6 is 0 Å².